The lowest BCUT2D eigenvalue weighted by Gasteiger charge is -2.31. The van der Waals surface area contributed by atoms with E-state index in [1.807, 2.05) is 23.1 Å². The molecule has 2 aromatic carbocycles. The lowest BCUT2D eigenvalue weighted by Crippen LogP contribution is -3.13. The van der Waals surface area contributed by atoms with Gasteiger partial charge in [0.2, 0.25) is 5.91 Å². The fraction of sp³-hybridized carbons (Fsp3) is 0.304. The molecule has 1 aliphatic heterocycles. The third kappa shape index (κ3) is 5.84. The number of quaternary nitrogens is 1. The van der Waals surface area contributed by atoms with Crippen LogP contribution in [0.25, 0.3) is 6.08 Å². The Balaban J connectivity index is 1.53. The van der Waals surface area contributed by atoms with Gasteiger partial charge in [0.1, 0.15) is 12.6 Å². The molecular weight excluding hydrogens is 366 g/mol. The molecule has 0 unspecified atom stereocenters. The van der Waals surface area contributed by atoms with Crippen LogP contribution in [0.1, 0.15) is 11.1 Å². The van der Waals surface area contributed by atoms with Gasteiger partial charge in [-0.15, -0.1) is 0 Å². The number of rotatable bonds is 7. The zero-order chi connectivity index (χ0) is 20.5. The number of carbonyl (C=O) groups excluding carboxylic acids is 1. The van der Waals surface area contributed by atoms with Gasteiger partial charge in [-0.2, -0.15) is 5.26 Å². The second kappa shape index (κ2) is 10.3. The van der Waals surface area contributed by atoms with E-state index in [0.717, 1.165) is 38.3 Å². The smallest absolute Gasteiger partial charge is 0.246 e. The Morgan fingerprint density at radius 1 is 1.17 bits per heavy atom. The summed E-state index contributed by atoms with van der Waals surface area (Å²) in [7, 11) is 1.55. The molecule has 1 saturated heterocycles. The Labute approximate surface area is 171 Å². The fourth-order valence-corrected chi connectivity index (χ4v) is 3.39. The summed E-state index contributed by atoms with van der Waals surface area (Å²) in [5.41, 5.74) is 2.17. The van der Waals surface area contributed by atoms with Crippen LogP contribution in [-0.2, 0) is 11.3 Å². The Hall–Kier alpha value is -3.30. The minimum atomic E-state index is -0.0394. The predicted molar refractivity (Wildman–Crippen MR) is 111 cm³/mol. The summed E-state index contributed by atoms with van der Waals surface area (Å²) in [4.78, 5) is 15.9. The maximum atomic E-state index is 12.5. The number of nitrogens with zero attached hydrogens (tertiary/aromatic N) is 2. The standard InChI is InChI=1S/C23H25N3O3/c1-28-22-17-19(7-9-21(22)29-16-11-24)8-10-23(27)26-14-12-25(13-15-26)18-20-5-3-2-4-6-20/h2-10,17H,12-16,18H2,1H3/p+1/b10-8+. The molecule has 0 spiro atoms. The highest BCUT2D eigenvalue weighted by Gasteiger charge is 2.22. The monoisotopic (exact) mass is 392 g/mol. The molecule has 0 bridgehead atoms. The van der Waals surface area contributed by atoms with Gasteiger partial charge in [-0.1, -0.05) is 36.4 Å². The number of ether oxygens (including phenoxy) is 2. The lowest BCUT2D eigenvalue weighted by molar-refractivity contribution is -0.917. The molecule has 1 aliphatic rings. The van der Waals surface area contributed by atoms with Crippen molar-refractivity contribution >= 4 is 12.0 Å². The number of methoxy groups -OCH3 is 1. The number of piperazine rings is 1. The van der Waals surface area contributed by atoms with Crippen LogP contribution >= 0.6 is 0 Å². The van der Waals surface area contributed by atoms with Crippen molar-refractivity contribution in [1.82, 2.24) is 4.90 Å². The van der Waals surface area contributed by atoms with Crippen LogP contribution in [0.4, 0.5) is 0 Å². The van der Waals surface area contributed by atoms with Gasteiger partial charge in [0.05, 0.1) is 33.3 Å². The van der Waals surface area contributed by atoms with Crippen LogP contribution < -0.4 is 14.4 Å². The SMILES string of the molecule is COc1cc(/C=C/C(=O)N2CC[NH+](Cc3ccccc3)CC2)ccc1OCC#N. The Bertz CT molecular complexity index is 882. The molecule has 1 heterocycles. The minimum absolute atomic E-state index is 0.0209. The summed E-state index contributed by atoms with van der Waals surface area (Å²) in [6, 6.07) is 17.8. The van der Waals surface area contributed by atoms with Crippen LogP contribution in [0.3, 0.4) is 0 Å². The summed E-state index contributed by atoms with van der Waals surface area (Å²) in [5, 5.41) is 8.63. The lowest BCUT2D eigenvalue weighted by atomic mass is 10.1. The number of amides is 1. The van der Waals surface area contributed by atoms with Gasteiger partial charge in [0.25, 0.3) is 0 Å². The quantitative estimate of drug-likeness (QED) is 0.726. The maximum Gasteiger partial charge on any atom is 0.246 e. The molecule has 0 atom stereocenters. The van der Waals surface area contributed by atoms with Gasteiger partial charge in [0.15, 0.2) is 18.1 Å². The van der Waals surface area contributed by atoms with E-state index in [4.69, 9.17) is 14.7 Å². The number of hydrogen-bond donors (Lipinski definition) is 1. The second-order valence-corrected chi connectivity index (χ2v) is 6.93. The van der Waals surface area contributed by atoms with Gasteiger partial charge in [-0.3, -0.25) is 4.79 Å². The van der Waals surface area contributed by atoms with E-state index < -0.39 is 0 Å². The maximum absolute atomic E-state index is 12.5. The minimum Gasteiger partial charge on any atom is -0.493 e. The molecule has 0 aliphatic carbocycles. The van der Waals surface area contributed by atoms with E-state index in [0.29, 0.717) is 11.5 Å². The van der Waals surface area contributed by atoms with Crippen LogP contribution in [0.5, 0.6) is 11.5 Å². The van der Waals surface area contributed by atoms with Crippen molar-refractivity contribution in [2.24, 2.45) is 0 Å². The number of carbonyl (C=O) groups is 1. The van der Waals surface area contributed by atoms with Crippen molar-refractivity contribution in [3.63, 3.8) is 0 Å². The molecule has 150 valence electrons. The first kappa shape index (κ1) is 20.4. The van der Waals surface area contributed by atoms with Crippen LogP contribution in [-0.4, -0.2) is 50.7 Å². The zero-order valence-corrected chi connectivity index (χ0v) is 16.6. The van der Waals surface area contributed by atoms with Crippen LogP contribution in [0.15, 0.2) is 54.6 Å². The molecule has 0 aromatic heterocycles. The van der Waals surface area contributed by atoms with Crippen molar-refractivity contribution in [3.8, 4) is 17.6 Å². The third-order valence-electron chi connectivity index (χ3n) is 4.98. The molecule has 29 heavy (non-hydrogen) atoms. The fourth-order valence-electron chi connectivity index (χ4n) is 3.39. The van der Waals surface area contributed by atoms with Crippen molar-refractivity contribution in [2.45, 2.75) is 6.54 Å². The summed E-state index contributed by atoms with van der Waals surface area (Å²) in [6.45, 7) is 4.38. The topological polar surface area (TPSA) is 67.0 Å². The molecule has 2 aromatic rings. The van der Waals surface area contributed by atoms with E-state index >= 15 is 0 Å². The molecule has 1 N–H and O–H groups in total. The van der Waals surface area contributed by atoms with Crippen molar-refractivity contribution in [2.75, 3.05) is 39.9 Å². The Morgan fingerprint density at radius 3 is 2.62 bits per heavy atom. The largest absolute Gasteiger partial charge is 0.493 e. The zero-order valence-electron chi connectivity index (χ0n) is 16.6. The van der Waals surface area contributed by atoms with E-state index in [9.17, 15) is 4.79 Å². The summed E-state index contributed by atoms with van der Waals surface area (Å²) < 4.78 is 10.6. The number of nitriles is 1. The summed E-state index contributed by atoms with van der Waals surface area (Å²) in [5.74, 6) is 1.07. The number of benzene rings is 2. The molecule has 6 nitrogen and oxygen atoms in total. The average molecular weight is 392 g/mol. The molecule has 1 fully saturated rings. The number of nitrogens with one attached hydrogen (secondary N) is 1. The molecule has 3 rings (SSSR count). The second-order valence-electron chi connectivity index (χ2n) is 6.93. The Kier molecular flexibility index (Phi) is 7.26. The van der Waals surface area contributed by atoms with Gasteiger partial charge >= 0.3 is 0 Å². The van der Waals surface area contributed by atoms with Crippen molar-refractivity contribution < 1.29 is 19.2 Å². The van der Waals surface area contributed by atoms with E-state index in [-0.39, 0.29) is 12.5 Å². The molecule has 6 heteroatoms. The van der Waals surface area contributed by atoms with Gasteiger partial charge in [0, 0.05) is 11.6 Å². The van der Waals surface area contributed by atoms with Crippen molar-refractivity contribution in [3.05, 3.63) is 65.7 Å². The van der Waals surface area contributed by atoms with E-state index in [1.54, 1.807) is 31.4 Å². The first-order valence-corrected chi connectivity index (χ1v) is 9.72. The van der Waals surface area contributed by atoms with Gasteiger partial charge in [-0.25, -0.2) is 0 Å². The van der Waals surface area contributed by atoms with E-state index in [2.05, 4.69) is 24.3 Å². The normalized spacial score (nSPS) is 14.6. The highest BCUT2D eigenvalue weighted by Crippen LogP contribution is 2.28. The predicted octanol–water partition coefficient (Wildman–Crippen LogP) is 1.54. The highest BCUT2D eigenvalue weighted by molar-refractivity contribution is 5.91. The third-order valence-corrected chi connectivity index (χ3v) is 4.98. The first-order valence-electron chi connectivity index (χ1n) is 9.72. The molecule has 0 radical (unpaired) electrons. The molecule has 1 amide bonds. The highest BCUT2D eigenvalue weighted by atomic mass is 16.5. The van der Waals surface area contributed by atoms with Crippen molar-refractivity contribution in [1.29, 1.82) is 5.26 Å². The average Bonchev–Trinajstić information content (AvgIpc) is 2.77. The Morgan fingerprint density at radius 2 is 1.93 bits per heavy atom. The molecular formula is C23H26N3O3+. The number of hydrogen-bond acceptors (Lipinski definition) is 4. The van der Waals surface area contributed by atoms with Crippen LogP contribution in [0, 0.1) is 11.3 Å². The summed E-state index contributed by atoms with van der Waals surface area (Å²) >= 11 is 0. The van der Waals surface area contributed by atoms with Crippen LogP contribution in [0.2, 0.25) is 0 Å². The van der Waals surface area contributed by atoms with Gasteiger partial charge in [-0.05, 0) is 23.8 Å². The van der Waals surface area contributed by atoms with E-state index in [1.165, 1.54) is 10.5 Å². The summed E-state index contributed by atoms with van der Waals surface area (Å²) in [6.07, 6.45) is 3.38. The molecule has 0 saturated carbocycles. The first-order chi connectivity index (χ1) is 14.2. The van der Waals surface area contributed by atoms with Gasteiger partial charge < -0.3 is 19.3 Å².